The third kappa shape index (κ3) is 19.5. The molecule has 5 heteroatoms. The van der Waals surface area contributed by atoms with E-state index in [0.717, 1.165) is 25.7 Å². The van der Waals surface area contributed by atoms with Gasteiger partial charge in [-0.2, -0.15) is 0 Å². The van der Waals surface area contributed by atoms with E-state index in [4.69, 9.17) is 9.79 Å². The fourth-order valence-corrected chi connectivity index (χ4v) is 2.75. The molecule has 0 saturated carbocycles. The summed E-state index contributed by atoms with van der Waals surface area (Å²) in [6, 6.07) is 0. The van der Waals surface area contributed by atoms with E-state index < -0.39 is 14.6 Å². The number of carbonyl (C=O) groups is 1. The maximum atomic E-state index is 11.1. The molecule has 0 heterocycles. The second kappa shape index (κ2) is 17.9. The maximum Gasteiger partial charge on any atom is 0.393 e. The van der Waals surface area contributed by atoms with Crippen molar-refractivity contribution >= 4 is 14.6 Å². The van der Waals surface area contributed by atoms with Crippen molar-refractivity contribution in [3.05, 3.63) is 12.2 Å². The first kappa shape index (κ1) is 22.6. The number of hydrogen-bond donors (Lipinski definition) is 2. The summed E-state index contributed by atoms with van der Waals surface area (Å²) in [4.78, 5) is 28.1. The second-order valence-corrected chi connectivity index (χ2v) is 6.74. The van der Waals surface area contributed by atoms with Crippen LogP contribution in [0.4, 0.5) is 0 Å². The van der Waals surface area contributed by atoms with Gasteiger partial charge in [0.25, 0.3) is 0 Å². The van der Waals surface area contributed by atoms with Gasteiger partial charge in [0, 0.05) is 6.42 Å². The highest BCUT2D eigenvalue weighted by Crippen LogP contribution is 2.25. The Labute approximate surface area is 143 Å². The average Bonchev–Trinajstić information content (AvgIpc) is 2.50. The molecule has 136 valence electrons. The molecule has 0 spiro atoms. The van der Waals surface area contributed by atoms with Gasteiger partial charge >= 0.3 is 14.6 Å². The summed E-state index contributed by atoms with van der Waals surface area (Å²) < 4.78 is 4.30. The summed E-state index contributed by atoms with van der Waals surface area (Å²) in [5.74, 6) is -0.515. The Morgan fingerprint density at radius 1 is 0.826 bits per heavy atom. The van der Waals surface area contributed by atoms with E-state index >= 15 is 0 Å². The van der Waals surface area contributed by atoms with Crippen molar-refractivity contribution in [1.29, 1.82) is 0 Å². The topological polar surface area (TPSA) is 66.8 Å². The molecule has 0 aromatic heterocycles. The Kier molecular flexibility index (Phi) is 17.6. The van der Waals surface area contributed by atoms with Gasteiger partial charge in [-0.1, -0.05) is 70.4 Å². The zero-order valence-corrected chi connectivity index (χ0v) is 15.6. The fourth-order valence-electron chi connectivity index (χ4n) is 2.48. The third-order valence-electron chi connectivity index (χ3n) is 3.83. The van der Waals surface area contributed by atoms with Crippen molar-refractivity contribution in [2.24, 2.45) is 0 Å². The Hall–Kier alpha value is -0.440. The van der Waals surface area contributed by atoms with Crippen molar-refractivity contribution in [2.45, 2.75) is 96.8 Å². The van der Waals surface area contributed by atoms with Crippen LogP contribution >= 0.6 is 8.60 Å². The van der Waals surface area contributed by atoms with Gasteiger partial charge in [-0.15, -0.1) is 0 Å². The molecule has 0 atom stereocenters. The minimum Gasteiger partial charge on any atom is -0.394 e. The Morgan fingerprint density at radius 3 is 1.83 bits per heavy atom. The lowest BCUT2D eigenvalue weighted by atomic mass is 10.1. The highest BCUT2D eigenvalue weighted by molar-refractivity contribution is 7.40. The number of allylic oxidation sites excluding steroid dienone is 2. The van der Waals surface area contributed by atoms with Gasteiger partial charge in [-0.25, -0.2) is 0 Å². The minimum absolute atomic E-state index is 0.276. The lowest BCUT2D eigenvalue weighted by molar-refractivity contribution is -0.134. The second-order valence-electron chi connectivity index (χ2n) is 6.05. The quantitative estimate of drug-likeness (QED) is 0.211. The molecule has 2 N–H and O–H groups in total. The molecule has 0 aromatic carbocycles. The van der Waals surface area contributed by atoms with Crippen molar-refractivity contribution < 1.29 is 19.1 Å². The van der Waals surface area contributed by atoms with Gasteiger partial charge in [0.2, 0.25) is 0 Å². The molecule has 0 rings (SSSR count). The molecule has 0 saturated heterocycles. The summed E-state index contributed by atoms with van der Waals surface area (Å²) in [7, 11) is -2.54. The molecule has 0 aliphatic heterocycles. The lowest BCUT2D eigenvalue weighted by Crippen LogP contribution is -1.99. The minimum atomic E-state index is -2.54. The van der Waals surface area contributed by atoms with E-state index in [1.54, 1.807) is 0 Å². The van der Waals surface area contributed by atoms with Crippen LogP contribution in [0.1, 0.15) is 96.8 Å². The van der Waals surface area contributed by atoms with E-state index in [9.17, 15) is 4.79 Å². The summed E-state index contributed by atoms with van der Waals surface area (Å²) in [6.07, 6.45) is 20.7. The van der Waals surface area contributed by atoms with Gasteiger partial charge < -0.3 is 14.3 Å². The largest absolute Gasteiger partial charge is 0.394 e. The normalized spacial score (nSPS) is 11.5. The Morgan fingerprint density at radius 2 is 1.30 bits per heavy atom. The summed E-state index contributed by atoms with van der Waals surface area (Å²) in [5.41, 5.74) is 0. The Balaban J connectivity index is 3.18. The monoisotopic (exact) mass is 346 g/mol. The highest BCUT2D eigenvalue weighted by Gasteiger charge is 2.08. The zero-order valence-electron chi connectivity index (χ0n) is 14.7. The summed E-state index contributed by atoms with van der Waals surface area (Å²) in [6.45, 7) is 2.25. The van der Waals surface area contributed by atoms with E-state index in [-0.39, 0.29) is 6.42 Å². The molecule has 4 nitrogen and oxygen atoms in total. The molecular weight excluding hydrogens is 311 g/mol. The Bertz CT molecular complexity index is 293. The van der Waals surface area contributed by atoms with Gasteiger partial charge in [-0.05, 0) is 32.1 Å². The van der Waals surface area contributed by atoms with E-state index in [0.29, 0.717) is 0 Å². The molecule has 23 heavy (non-hydrogen) atoms. The SMILES string of the molecule is CCCCCCCCC=CCCCCCCCC(=O)OP(O)O. The van der Waals surface area contributed by atoms with Crippen LogP contribution in [0, 0.1) is 0 Å². The predicted molar refractivity (Wildman–Crippen MR) is 96.9 cm³/mol. The molecule has 0 bridgehead atoms. The van der Waals surface area contributed by atoms with Crippen LogP contribution in [0.5, 0.6) is 0 Å². The van der Waals surface area contributed by atoms with Gasteiger partial charge in [0.1, 0.15) is 0 Å². The van der Waals surface area contributed by atoms with Crippen LogP contribution in [0.2, 0.25) is 0 Å². The summed E-state index contributed by atoms with van der Waals surface area (Å²) >= 11 is 0. The van der Waals surface area contributed by atoms with E-state index in [2.05, 4.69) is 23.6 Å². The maximum absolute atomic E-state index is 11.1. The number of carbonyl (C=O) groups excluding carboxylic acids is 1. The molecule has 0 aliphatic carbocycles. The molecule has 0 amide bonds. The first-order valence-electron chi connectivity index (χ1n) is 9.20. The molecule has 0 radical (unpaired) electrons. The van der Waals surface area contributed by atoms with Crippen LogP contribution in [0.3, 0.4) is 0 Å². The summed E-state index contributed by atoms with van der Waals surface area (Å²) in [5, 5.41) is 0. The molecular formula is C18H35O4P. The van der Waals surface area contributed by atoms with E-state index in [1.165, 1.54) is 57.8 Å². The predicted octanol–water partition coefficient (Wildman–Crippen LogP) is 5.78. The van der Waals surface area contributed by atoms with Gasteiger partial charge in [-0.3, -0.25) is 4.79 Å². The lowest BCUT2D eigenvalue weighted by Gasteiger charge is -2.03. The van der Waals surface area contributed by atoms with Gasteiger partial charge in [0.15, 0.2) is 0 Å². The van der Waals surface area contributed by atoms with Crippen LogP contribution < -0.4 is 0 Å². The molecule has 0 aromatic rings. The van der Waals surface area contributed by atoms with Crippen molar-refractivity contribution in [1.82, 2.24) is 0 Å². The van der Waals surface area contributed by atoms with Crippen LogP contribution in [-0.2, 0) is 9.32 Å². The number of rotatable bonds is 16. The number of hydrogen-bond acceptors (Lipinski definition) is 4. The van der Waals surface area contributed by atoms with Crippen molar-refractivity contribution in [3.8, 4) is 0 Å². The average molecular weight is 346 g/mol. The number of unbranched alkanes of at least 4 members (excludes halogenated alkanes) is 11. The molecule has 0 aliphatic rings. The van der Waals surface area contributed by atoms with Crippen molar-refractivity contribution in [2.75, 3.05) is 0 Å². The zero-order chi connectivity index (χ0) is 17.2. The van der Waals surface area contributed by atoms with Crippen molar-refractivity contribution in [3.63, 3.8) is 0 Å². The molecule has 0 fully saturated rings. The van der Waals surface area contributed by atoms with Crippen LogP contribution in [0.15, 0.2) is 12.2 Å². The van der Waals surface area contributed by atoms with E-state index in [1.807, 2.05) is 0 Å². The third-order valence-corrected chi connectivity index (χ3v) is 4.19. The first-order valence-corrected chi connectivity index (χ1v) is 10.4. The highest BCUT2D eigenvalue weighted by atomic mass is 31.2. The molecule has 0 unspecified atom stereocenters. The van der Waals surface area contributed by atoms with Crippen LogP contribution in [0.25, 0.3) is 0 Å². The van der Waals surface area contributed by atoms with Gasteiger partial charge in [0.05, 0.1) is 0 Å². The van der Waals surface area contributed by atoms with Crippen LogP contribution in [-0.4, -0.2) is 15.8 Å². The smallest absolute Gasteiger partial charge is 0.393 e. The fraction of sp³-hybridized carbons (Fsp3) is 0.833. The first-order chi connectivity index (χ1) is 11.2. The standard InChI is InChI=1S/C18H35O4P/c1-2-3-4-5-6-7-8-9-10-11-12-13-14-15-16-17-18(19)22-23(20)21/h9-10,20-21H,2-8,11-17H2,1H3.